The minimum atomic E-state index is -4.43. The third kappa shape index (κ3) is 3.66. The van der Waals surface area contributed by atoms with Crippen LogP contribution in [0.25, 0.3) is 66.1 Å². The summed E-state index contributed by atoms with van der Waals surface area (Å²) in [7, 11) is -4.43. The number of hydrogen-bond acceptors (Lipinski definition) is 6. The van der Waals surface area contributed by atoms with E-state index in [0.29, 0.717) is 27.5 Å². The second kappa shape index (κ2) is 8.37. The lowest BCUT2D eigenvalue weighted by molar-refractivity contribution is 0.484. The maximum absolute atomic E-state index is 12.0. The highest BCUT2D eigenvalue weighted by Gasteiger charge is 2.18. The summed E-state index contributed by atoms with van der Waals surface area (Å²) in [4.78, 5) is 18.6. The fourth-order valence-corrected chi connectivity index (χ4v) is 5.60. The number of nitrogens with zero attached hydrogens (tertiary/aromatic N) is 4. The zero-order valence-electron chi connectivity index (χ0n) is 19.8. The molecule has 0 radical (unpaired) electrons. The summed E-state index contributed by atoms with van der Waals surface area (Å²) in [6.07, 6.45) is 3.36. The van der Waals surface area contributed by atoms with Crippen LogP contribution in [0.15, 0.2) is 108 Å². The summed E-state index contributed by atoms with van der Waals surface area (Å²) >= 11 is 0. The zero-order valence-corrected chi connectivity index (χ0v) is 20.6. The van der Waals surface area contributed by atoms with Crippen molar-refractivity contribution in [3.8, 4) is 22.5 Å². The Morgan fingerprint density at radius 3 is 1.84 bits per heavy atom. The molecule has 0 bridgehead atoms. The van der Waals surface area contributed by atoms with E-state index in [1.54, 1.807) is 30.6 Å². The van der Waals surface area contributed by atoms with E-state index in [4.69, 9.17) is 9.97 Å². The molecule has 0 aliphatic heterocycles. The average Bonchev–Trinajstić information content (AvgIpc) is 2.95. The molecule has 1 N–H and O–H groups in total. The van der Waals surface area contributed by atoms with Crippen LogP contribution in [0.5, 0.6) is 0 Å². The van der Waals surface area contributed by atoms with Gasteiger partial charge in [0.25, 0.3) is 10.1 Å². The summed E-state index contributed by atoms with van der Waals surface area (Å²) in [6, 6.07) is 28.4. The summed E-state index contributed by atoms with van der Waals surface area (Å²) in [5.41, 5.74) is 6.02. The fraction of sp³-hybridized carbons (Fsp3) is 0. The number of hydrogen-bond donors (Lipinski definition) is 1. The van der Waals surface area contributed by atoms with Gasteiger partial charge in [0.15, 0.2) is 0 Å². The summed E-state index contributed by atoms with van der Waals surface area (Å²) < 4.78 is 33.8. The Hall–Kier alpha value is -4.79. The molecule has 0 unspecified atom stereocenters. The quantitative estimate of drug-likeness (QED) is 0.213. The number of fused-ring (bicyclic) bond motifs is 6. The van der Waals surface area contributed by atoms with E-state index in [1.165, 1.54) is 6.07 Å². The molecule has 7 rings (SSSR count). The van der Waals surface area contributed by atoms with E-state index in [9.17, 15) is 13.0 Å². The van der Waals surface area contributed by atoms with Crippen molar-refractivity contribution in [3.05, 3.63) is 103 Å². The second-order valence-corrected chi connectivity index (χ2v) is 10.4. The first-order valence-corrected chi connectivity index (χ1v) is 13.3. The van der Waals surface area contributed by atoms with Crippen molar-refractivity contribution in [1.82, 2.24) is 19.9 Å². The molecule has 8 heteroatoms. The van der Waals surface area contributed by atoms with Gasteiger partial charge in [0.05, 0.1) is 33.5 Å². The van der Waals surface area contributed by atoms with E-state index in [0.717, 1.165) is 38.6 Å². The third-order valence-corrected chi connectivity index (χ3v) is 7.57. The van der Waals surface area contributed by atoms with E-state index < -0.39 is 10.1 Å². The Bertz CT molecular complexity index is 2180. The first-order valence-electron chi connectivity index (χ1n) is 11.9. The normalized spacial score (nSPS) is 12.0. The average molecular weight is 515 g/mol. The molecule has 7 nitrogen and oxygen atoms in total. The van der Waals surface area contributed by atoms with Crippen LogP contribution in [0.1, 0.15) is 0 Å². The number of aromatic nitrogens is 4. The van der Waals surface area contributed by atoms with Gasteiger partial charge in [0, 0.05) is 45.1 Å². The van der Waals surface area contributed by atoms with Crippen molar-refractivity contribution in [2.45, 2.75) is 4.90 Å². The molecule has 3 aromatic carbocycles. The molecule has 182 valence electrons. The molecule has 0 atom stereocenters. The lowest BCUT2D eigenvalue weighted by Gasteiger charge is -2.10. The van der Waals surface area contributed by atoms with Gasteiger partial charge in [-0.2, -0.15) is 8.42 Å². The van der Waals surface area contributed by atoms with Gasteiger partial charge < -0.3 is 0 Å². The van der Waals surface area contributed by atoms with Crippen molar-refractivity contribution in [1.29, 1.82) is 0 Å². The van der Waals surface area contributed by atoms with Crippen LogP contribution in [-0.2, 0) is 10.1 Å². The SMILES string of the molecule is O=S(=O)(O)c1cc2ccc(-c3cccc(-c4ccc5ccc6cccnc6c5n4)c3)nc2c2ncccc12. The molecule has 38 heavy (non-hydrogen) atoms. The molecular weight excluding hydrogens is 496 g/mol. The lowest BCUT2D eigenvalue weighted by Crippen LogP contribution is -2.01. The van der Waals surface area contributed by atoms with Crippen molar-refractivity contribution in [3.63, 3.8) is 0 Å². The molecule has 4 heterocycles. The molecule has 0 aliphatic carbocycles. The largest absolute Gasteiger partial charge is 0.295 e. The Morgan fingerprint density at radius 1 is 0.553 bits per heavy atom. The molecular formula is C30H18N4O3S. The summed E-state index contributed by atoms with van der Waals surface area (Å²) in [5.74, 6) is 0. The third-order valence-electron chi connectivity index (χ3n) is 6.67. The van der Waals surface area contributed by atoms with Crippen LogP contribution in [-0.4, -0.2) is 32.9 Å². The smallest absolute Gasteiger partial charge is 0.282 e. The predicted molar refractivity (Wildman–Crippen MR) is 148 cm³/mol. The van der Waals surface area contributed by atoms with Gasteiger partial charge in [-0.25, -0.2) is 9.97 Å². The van der Waals surface area contributed by atoms with Crippen LogP contribution in [0.4, 0.5) is 0 Å². The van der Waals surface area contributed by atoms with E-state index in [2.05, 4.69) is 28.2 Å². The highest BCUT2D eigenvalue weighted by atomic mass is 32.2. The van der Waals surface area contributed by atoms with Gasteiger partial charge in [-0.15, -0.1) is 0 Å². The molecule has 0 aliphatic rings. The van der Waals surface area contributed by atoms with Crippen LogP contribution >= 0.6 is 0 Å². The first-order chi connectivity index (χ1) is 18.5. The molecule has 0 amide bonds. The molecule has 0 saturated carbocycles. The van der Waals surface area contributed by atoms with Gasteiger partial charge in [-0.3, -0.25) is 14.5 Å². The van der Waals surface area contributed by atoms with E-state index in [-0.39, 0.29) is 4.90 Å². The standard InChI is InChI=1S/C30H18N4O3S/c35-38(36,37)26-17-22-11-13-25(34-29(22)30-23(26)7-3-15-32-30)21-5-1-4-20(16-21)24-12-10-19-9-8-18-6-2-14-31-27(18)28(19)33-24/h1-17H,(H,35,36,37). The maximum Gasteiger partial charge on any atom is 0.295 e. The molecule has 7 aromatic rings. The Labute approximate surface area is 217 Å². The Kier molecular flexibility index (Phi) is 4.94. The monoisotopic (exact) mass is 514 g/mol. The van der Waals surface area contributed by atoms with Gasteiger partial charge in [-0.1, -0.05) is 48.5 Å². The van der Waals surface area contributed by atoms with Crippen molar-refractivity contribution in [2.24, 2.45) is 0 Å². The molecule has 4 aromatic heterocycles. The number of pyridine rings is 4. The van der Waals surface area contributed by atoms with Crippen molar-refractivity contribution in [2.75, 3.05) is 0 Å². The minimum Gasteiger partial charge on any atom is -0.282 e. The highest BCUT2D eigenvalue weighted by molar-refractivity contribution is 7.86. The molecule has 0 fully saturated rings. The lowest BCUT2D eigenvalue weighted by atomic mass is 10.0. The first kappa shape index (κ1) is 22.4. The predicted octanol–water partition coefficient (Wildman–Crippen LogP) is 6.46. The minimum absolute atomic E-state index is 0.186. The van der Waals surface area contributed by atoms with Crippen LogP contribution in [0.2, 0.25) is 0 Å². The van der Waals surface area contributed by atoms with Gasteiger partial charge in [0.2, 0.25) is 0 Å². The van der Waals surface area contributed by atoms with Crippen LogP contribution in [0, 0.1) is 0 Å². The van der Waals surface area contributed by atoms with Gasteiger partial charge in [0.1, 0.15) is 4.90 Å². The Balaban J connectivity index is 1.38. The van der Waals surface area contributed by atoms with Crippen LogP contribution in [0.3, 0.4) is 0 Å². The topological polar surface area (TPSA) is 106 Å². The summed E-state index contributed by atoms with van der Waals surface area (Å²) in [5, 5.41) is 2.95. The highest BCUT2D eigenvalue weighted by Crippen LogP contribution is 2.32. The van der Waals surface area contributed by atoms with E-state index in [1.807, 2.05) is 48.5 Å². The number of benzene rings is 3. The van der Waals surface area contributed by atoms with Gasteiger partial charge >= 0.3 is 0 Å². The fourth-order valence-electron chi connectivity index (χ4n) is 4.88. The van der Waals surface area contributed by atoms with Crippen molar-refractivity contribution >= 4 is 53.7 Å². The van der Waals surface area contributed by atoms with E-state index >= 15 is 0 Å². The summed E-state index contributed by atoms with van der Waals surface area (Å²) in [6.45, 7) is 0. The molecule has 0 saturated heterocycles. The second-order valence-electron chi connectivity index (χ2n) is 9.01. The van der Waals surface area contributed by atoms with Gasteiger partial charge in [-0.05, 0) is 42.5 Å². The number of rotatable bonds is 3. The molecule has 0 spiro atoms. The maximum atomic E-state index is 12.0. The van der Waals surface area contributed by atoms with Crippen molar-refractivity contribution < 1.29 is 13.0 Å². The Morgan fingerprint density at radius 2 is 1.13 bits per heavy atom. The van der Waals surface area contributed by atoms with Crippen LogP contribution < -0.4 is 0 Å². The zero-order chi connectivity index (χ0) is 25.9.